The molecule has 0 aliphatic heterocycles. The number of hydrogen-bond acceptors (Lipinski definition) is 9. The Labute approximate surface area is 183 Å². The van der Waals surface area contributed by atoms with Crippen LogP contribution in [-0.2, 0) is 33.4 Å². The van der Waals surface area contributed by atoms with Crippen molar-refractivity contribution < 1.29 is 38.5 Å². The maximum atomic E-state index is 12.5. The molecule has 10 nitrogen and oxygen atoms in total. The minimum atomic E-state index is -1.96. The molecule has 0 saturated carbocycles. The van der Waals surface area contributed by atoms with Crippen molar-refractivity contribution in [2.24, 2.45) is 23.3 Å². The Morgan fingerprint density at radius 1 is 0.871 bits per heavy atom. The zero-order valence-electron chi connectivity index (χ0n) is 19.5. The Kier molecular flexibility index (Phi) is 11.7. The predicted molar refractivity (Wildman–Crippen MR) is 113 cm³/mol. The van der Waals surface area contributed by atoms with Gasteiger partial charge in [0, 0.05) is 0 Å². The van der Waals surface area contributed by atoms with E-state index in [1.807, 2.05) is 13.8 Å². The number of rotatable bonds is 12. The van der Waals surface area contributed by atoms with Crippen molar-refractivity contribution in [1.29, 1.82) is 0 Å². The normalized spacial score (nSPS) is 17.5. The van der Waals surface area contributed by atoms with Gasteiger partial charge in [-0.3, -0.25) is 14.4 Å². The third-order valence-electron chi connectivity index (χ3n) is 4.94. The highest BCUT2D eigenvalue weighted by atomic mass is 16.6. The first kappa shape index (κ1) is 28.8. The van der Waals surface area contributed by atoms with Crippen LogP contribution in [0, 0.1) is 11.8 Å². The van der Waals surface area contributed by atoms with Gasteiger partial charge in [-0.05, 0) is 32.6 Å². The fourth-order valence-electron chi connectivity index (χ4n) is 2.45. The van der Waals surface area contributed by atoms with Gasteiger partial charge in [0.05, 0.1) is 6.42 Å². The lowest BCUT2D eigenvalue weighted by Crippen LogP contribution is -2.49. The first-order chi connectivity index (χ1) is 14.1. The molecule has 0 saturated heterocycles. The average Bonchev–Trinajstić information content (AvgIpc) is 2.66. The van der Waals surface area contributed by atoms with E-state index in [0.29, 0.717) is 12.8 Å². The van der Waals surface area contributed by atoms with Gasteiger partial charge >= 0.3 is 23.9 Å². The Morgan fingerprint density at radius 3 is 1.65 bits per heavy atom. The number of carboxylic acids is 1. The van der Waals surface area contributed by atoms with Crippen molar-refractivity contribution >= 4 is 23.9 Å². The van der Waals surface area contributed by atoms with E-state index in [9.17, 15) is 24.3 Å². The molecule has 2 unspecified atom stereocenters. The molecule has 0 radical (unpaired) electrons. The lowest BCUT2D eigenvalue weighted by molar-refractivity contribution is -0.185. The zero-order chi connectivity index (χ0) is 24.5. The average molecular weight is 447 g/mol. The van der Waals surface area contributed by atoms with Crippen LogP contribution < -0.4 is 11.5 Å². The van der Waals surface area contributed by atoms with Gasteiger partial charge < -0.3 is 30.8 Å². The summed E-state index contributed by atoms with van der Waals surface area (Å²) in [4.78, 5) is 49.0. The molecular weight excluding hydrogens is 408 g/mol. The van der Waals surface area contributed by atoms with E-state index in [1.165, 1.54) is 0 Å². The summed E-state index contributed by atoms with van der Waals surface area (Å²) in [5.41, 5.74) is 10.8. The second-order valence-corrected chi connectivity index (χ2v) is 8.78. The van der Waals surface area contributed by atoms with E-state index >= 15 is 0 Å². The quantitative estimate of drug-likeness (QED) is 0.294. The molecule has 0 aromatic carbocycles. The van der Waals surface area contributed by atoms with Crippen LogP contribution in [0.5, 0.6) is 0 Å². The molecule has 6 atom stereocenters. The van der Waals surface area contributed by atoms with Crippen molar-refractivity contribution in [3.8, 4) is 0 Å². The Balaban J connectivity index is 5.75. The SMILES string of the molecule is CC[C@H](C)[C@H](N)C(=O)OC(CC(=O)OC(C)(C)C)C(OC(=O)[C@@H](N)[C@@H](C)CC)C(=O)O. The number of nitrogens with two attached hydrogens (primary N) is 2. The van der Waals surface area contributed by atoms with Crippen LogP contribution in [0.25, 0.3) is 0 Å². The maximum Gasteiger partial charge on any atom is 0.349 e. The van der Waals surface area contributed by atoms with E-state index in [1.54, 1.807) is 34.6 Å². The lowest BCUT2D eigenvalue weighted by atomic mass is 10.00. The molecule has 0 aromatic heterocycles. The van der Waals surface area contributed by atoms with E-state index in [0.717, 1.165) is 0 Å². The number of aliphatic carboxylic acids is 1. The van der Waals surface area contributed by atoms with Gasteiger partial charge in [-0.25, -0.2) is 4.79 Å². The zero-order valence-corrected chi connectivity index (χ0v) is 19.5. The van der Waals surface area contributed by atoms with Gasteiger partial charge in [-0.15, -0.1) is 0 Å². The lowest BCUT2D eigenvalue weighted by Gasteiger charge is -2.28. The number of hydrogen-bond donors (Lipinski definition) is 3. The Morgan fingerprint density at radius 2 is 1.29 bits per heavy atom. The largest absolute Gasteiger partial charge is 0.478 e. The van der Waals surface area contributed by atoms with Crippen molar-refractivity contribution in [3.63, 3.8) is 0 Å². The highest BCUT2D eigenvalue weighted by molar-refractivity contribution is 5.83. The van der Waals surface area contributed by atoms with Crippen molar-refractivity contribution in [1.82, 2.24) is 0 Å². The molecule has 31 heavy (non-hydrogen) atoms. The molecular formula is C21H38N2O8. The molecule has 10 heteroatoms. The highest BCUT2D eigenvalue weighted by Crippen LogP contribution is 2.18. The Hall–Kier alpha value is -2.20. The summed E-state index contributed by atoms with van der Waals surface area (Å²) in [6.45, 7) is 12.0. The third-order valence-corrected chi connectivity index (χ3v) is 4.94. The number of carbonyl (C=O) groups is 4. The highest BCUT2D eigenvalue weighted by Gasteiger charge is 2.40. The maximum absolute atomic E-state index is 12.5. The molecule has 0 heterocycles. The number of ether oxygens (including phenoxy) is 3. The number of esters is 3. The molecule has 0 aliphatic rings. The minimum Gasteiger partial charge on any atom is -0.478 e. The summed E-state index contributed by atoms with van der Waals surface area (Å²) < 4.78 is 15.5. The van der Waals surface area contributed by atoms with Crippen molar-refractivity contribution in [3.05, 3.63) is 0 Å². The van der Waals surface area contributed by atoms with E-state index < -0.39 is 60.2 Å². The molecule has 0 amide bonds. The Bertz CT molecular complexity index is 631. The van der Waals surface area contributed by atoms with Crippen LogP contribution in [-0.4, -0.2) is 58.9 Å². The number of carboxylic acid groups (broad SMARTS) is 1. The molecule has 180 valence electrons. The molecule has 0 aromatic rings. The first-order valence-corrected chi connectivity index (χ1v) is 10.5. The van der Waals surface area contributed by atoms with Crippen LogP contribution in [0.2, 0.25) is 0 Å². The van der Waals surface area contributed by atoms with E-state index in [-0.39, 0.29) is 11.8 Å². The summed E-state index contributed by atoms with van der Waals surface area (Å²) in [6, 6.07) is -2.12. The summed E-state index contributed by atoms with van der Waals surface area (Å²) in [6.07, 6.45) is -3.09. The van der Waals surface area contributed by atoms with Gasteiger partial charge in [0.25, 0.3) is 0 Å². The van der Waals surface area contributed by atoms with Crippen molar-refractivity contribution in [2.75, 3.05) is 0 Å². The third kappa shape index (κ3) is 10.1. The predicted octanol–water partition coefficient (Wildman–Crippen LogP) is 1.37. The van der Waals surface area contributed by atoms with Crippen molar-refractivity contribution in [2.45, 2.75) is 97.6 Å². The van der Waals surface area contributed by atoms with Crippen LogP contribution in [0.3, 0.4) is 0 Å². The topological polar surface area (TPSA) is 168 Å². The van der Waals surface area contributed by atoms with Crippen LogP contribution in [0.15, 0.2) is 0 Å². The van der Waals surface area contributed by atoms with E-state index in [2.05, 4.69) is 0 Å². The molecule has 5 N–H and O–H groups in total. The minimum absolute atomic E-state index is 0.251. The summed E-state index contributed by atoms with van der Waals surface area (Å²) >= 11 is 0. The van der Waals surface area contributed by atoms with Crippen LogP contribution in [0.4, 0.5) is 0 Å². The summed E-state index contributed by atoms with van der Waals surface area (Å²) in [5, 5.41) is 9.63. The van der Waals surface area contributed by atoms with Crippen LogP contribution >= 0.6 is 0 Å². The second-order valence-electron chi connectivity index (χ2n) is 8.78. The monoisotopic (exact) mass is 446 g/mol. The molecule has 0 bridgehead atoms. The van der Waals surface area contributed by atoms with Crippen LogP contribution in [0.1, 0.15) is 67.7 Å². The smallest absolute Gasteiger partial charge is 0.349 e. The summed E-state index contributed by atoms with van der Waals surface area (Å²) in [7, 11) is 0. The van der Waals surface area contributed by atoms with Gasteiger partial charge in [0.15, 0.2) is 6.10 Å². The van der Waals surface area contributed by atoms with Gasteiger partial charge in [-0.2, -0.15) is 0 Å². The van der Waals surface area contributed by atoms with Gasteiger partial charge in [0.2, 0.25) is 6.10 Å². The fourth-order valence-corrected chi connectivity index (χ4v) is 2.45. The van der Waals surface area contributed by atoms with Gasteiger partial charge in [-0.1, -0.05) is 40.5 Å². The van der Waals surface area contributed by atoms with E-state index in [4.69, 9.17) is 25.7 Å². The first-order valence-electron chi connectivity index (χ1n) is 10.5. The molecule has 0 rings (SSSR count). The molecule has 0 spiro atoms. The second kappa shape index (κ2) is 12.6. The standard InChI is InChI=1S/C21H38N2O8/c1-8-11(3)15(22)19(27)29-13(10-14(24)31-21(5,6)7)17(18(25)26)30-20(28)16(23)12(4)9-2/h11-13,15-17H,8-10,22-23H2,1-7H3,(H,25,26)/t11-,12-,13?,15-,16-,17?/m0/s1. The molecule has 0 aliphatic carbocycles. The summed E-state index contributed by atoms with van der Waals surface area (Å²) in [5.74, 6) is -4.82. The number of carbonyl (C=O) groups excluding carboxylic acids is 3. The van der Waals surface area contributed by atoms with Gasteiger partial charge in [0.1, 0.15) is 17.7 Å². The molecule has 0 fully saturated rings. The fraction of sp³-hybridized carbons (Fsp3) is 0.810.